The summed E-state index contributed by atoms with van der Waals surface area (Å²) < 4.78 is 4.96. The van der Waals surface area contributed by atoms with Crippen molar-refractivity contribution in [1.29, 1.82) is 0 Å². The van der Waals surface area contributed by atoms with Gasteiger partial charge in [0.15, 0.2) is 0 Å². The topological polar surface area (TPSA) is 55.6 Å². The third-order valence-electron chi connectivity index (χ3n) is 2.78. The van der Waals surface area contributed by atoms with Gasteiger partial charge in [-0.25, -0.2) is 0 Å². The maximum absolute atomic E-state index is 12.1. The van der Waals surface area contributed by atoms with Gasteiger partial charge in [0, 0.05) is 31.8 Å². The fourth-order valence-electron chi connectivity index (χ4n) is 1.63. The van der Waals surface area contributed by atoms with Crippen LogP contribution in [0.15, 0.2) is 18.2 Å². The largest absolute Gasteiger partial charge is 0.383 e. The third-order valence-corrected chi connectivity index (χ3v) is 2.78. The Hall–Kier alpha value is -1.83. The number of benzene rings is 1. The number of ether oxygens (including phenoxy) is 1. The van der Waals surface area contributed by atoms with Crippen LogP contribution in [0.2, 0.25) is 0 Å². The number of amides is 1. The molecule has 102 valence electrons. The molecular formula is C15H20N2O2. The number of hydrogen-bond donors (Lipinski definition) is 1. The van der Waals surface area contributed by atoms with Crippen molar-refractivity contribution >= 4 is 5.91 Å². The normalized spacial score (nSPS) is 9.68. The minimum Gasteiger partial charge on any atom is -0.383 e. The first-order valence-corrected chi connectivity index (χ1v) is 6.14. The van der Waals surface area contributed by atoms with Gasteiger partial charge in [-0.05, 0) is 30.7 Å². The van der Waals surface area contributed by atoms with E-state index in [1.807, 2.05) is 19.1 Å². The first-order valence-electron chi connectivity index (χ1n) is 6.14. The first kappa shape index (κ1) is 15.2. The molecule has 0 aliphatic heterocycles. The van der Waals surface area contributed by atoms with Crippen molar-refractivity contribution in [1.82, 2.24) is 4.90 Å². The second-order valence-electron chi connectivity index (χ2n) is 4.26. The molecule has 0 heterocycles. The highest BCUT2D eigenvalue weighted by molar-refractivity contribution is 5.94. The molecule has 0 unspecified atom stereocenters. The van der Waals surface area contributed by atoms with Gasteiger partial charge in [-0.2, -0.15) is 0 Å². The minimum atomic E-state index is -0.0153. The molecule has 0 aliphatic rings. The number of carbonyl (C=O) groups excluding carboxylic acids is 1. The molecule has 0 radical (unpaired) electrons. The predicted molar refractivity (Wildman–Crippen MR) is 75.9 cm³/mol. The van der Waals surface area contributed by atoms with Gasteiger partial charge in [0.05, 0.1) is 13.2 Å². The number of hydrogen-bond acceptors (Lipinski definition) is 3. The van der Waals surface area contributed by atoms with Gasteiger partial charge in [0.1, 0.15) is 0 Å². The van der Waals surface area contributed by atoms with Gasteiger partial charge in [-0.3, -0.25) is 4.79 Å². The second-order valence-corrected chi connectivity index (χ2v) is 4.26. The fraction of sp³-hybridized carbons (Fsp3) is 0.400. The van der Waals surface area contributed by atoms with Gasteiger partial charge < -0.3 is 15.4 Å². The van der Waals surface area contributed by atoms with Crippen LogP contribution in [0, 0.1) is 18.8 Å². The summed E-state index contributed by atoms with van der Waals surface area (Å²) in [6.45, 7) is 3.37. The van der Waals surface area contributed by atoms with Crippen molar-refractivity contribution in [2.75, 3.05) is 33.9 Å². The number of aryl methyl sites for hydroxylation is 1. The number of methoxy groups -OCH3 is 1. The molecule has 4 heteroatoms. The lowest BCUT2D eigenvalue weighted by atomic mass is 10.0. The molecular weight excluding hydrogens is 240 g/mol. The maximum atomic E-state index is 12.1. The Morgan fingerprint density at radius 3 is 2.79 bits per heavy atom. The quantitative estimate of drug-likeness (QED) is 0.822. The van der Waals surface area contributed by atoms with Gasteiger partial charge in [0.25, 0.3) is 5.91 Å². The van der Waals surface area contributed by atoms with Crippen LogP contribution in [-0.4, -0.2) is 44.7 Å². The van der Waals surface area contributed by atoms with Crippen LogP contribution in [0.3, 0.4) is 0 Å². The molecule has 0 aromatic heterocycles. The summed E-state index contributed by atoms with van der Waals surface area (Å²) in [6, 6.07) is 5.50. The summed E-state index contributed by atoms with van der Waals surface area (Å²) in [4.78, 5) is 13.8. The summed E-state index contributed by atoms with van der Waals surface area (Å²) in [5, 5.41) is 0. The maximum Gasteiger partial charge on any atom is 0.253 e. The number of rotatable bonds is 4. The standard InChI is InChI=1S/C15H20N2O2/c1-12-11-14(7-6-13(12)5-4-8-16)15(18)17(2)9-10-19-3/h6-7,11H,8-10,16H2,1-3H3. The zero-order chi connectivity index (χ0) is 14.3. The monoisotopic (exact) mass is 260 g/mol. The third kappa shape index (κ3) is 4.40. The molecule has 0 aliphatic carbocycles. The molecule has 0 saturated heterocycles. The molecule has 2 N–H and O–H groups in total. The Bertz CT molecular complexity index is 501. The average Bonchev–Trinajstić information content (AvgIpc) is 2.42. The van der Waals surface area contributed by atoms with E-state index in [9.17, 15) is 4.79 Å². The summed E-state index contributed by atoms with van der Waals surface area (Å²) in [5.74, 6) is 5.78. The Labute approximate surface area is 114 Å². The highest BCUT2D eigenvalue weighted by Gasteiger charge is 2.11. The van der Waals surface area contributed by atoms with Crippen molar-refractivity contribution in [3.63, 3.8) is 0 Å². The SMILES string of the molecule is COCCN(C)C(=O)c1ccc(C#CCN)c(C)c1. The van der Waals surface area contributed by atoms with Crippen LogP contribution >= 0.6 is 0 Å². The van der Waals surface area contributed by atoms with Crippen molar-refractivity contribution in [3.8, 4) is 11.8 Å². The highest BCUT2D eigenvalue weighted by atomic mass is 16.5. The minimum absolute atomic E-state index is 0.0153. The van der Waals surface area contributed by atoms with Gasteiger partial charge in [-0.1, -0.05) is 11.8 Å². The smallest absolute Gasteiger partial charge is 0.253 e. The van der Waals surface area contributed by atoms with Gasteiger partial charge >= 0.3 is 0 Å². The van der Waals surface area contributed by atoms with E-state index in [2.05, 4.69) is 11.8 Å². The molecule has 4 nitrogen and oxygen atoms in total. The molecule has 0 bridgehead atoms. The van der Waals surface area contributed by atoms with Crippen molar-refractivity contribution in [3.05, 3.63) is 34.9 Å². The Kier molecular flexibility index (Phi) is 6.07. The predicted octanol–water partition coefficient (Wildman–Crippen LogP) is 1.02. The van der Waals surface area contributed by atoms with Crippen LogP contribution in [0.1, 0.15) is 21.5 Å². The first-order chi connectivity index (χ1) is 9.10. The van der Waals surface area contributed by atoms with Crippen molar-refractivity contribution < 1.29 is 9.53 Å². The molecule has 0 atom stereocenters. The summed E-state index contributed by atoms with van der Waals surface area (Å²) in [5.41, 5.74) is 7.89. The van der Waals surface area contributed by atoms with Crippen LogP contribution in [-0.2, 0) is 4.74 Å². The van der Waals surface area contributed by atoms with E-state index >= 15 is 0 Å². The van der Waals surface area contributed by atoms with E-state index in [4.69, 9.17) is 10.5 Å². The Morgan fingerprint density at radius 1 is 1.47 bits per heavy atom. The molecule has 0 fully saturated rings. The highest BCUT2D eigenvalue weighted by Crippen LogP contribution is 2.11. The fourth-order valence-corrected chi connectivity index (χ4v) is 1.63. The molecule has 0 saturated carbocycles. The molecule has 1 aromatic rings. The van der Waals surface area contributed by atoms with Crippen molar-refractivity contribution in [2.45, 2.75) is 6.92 Å². The summed E-state index contributed by atoms with van der Waals surface area (Å²) >= 11 is 0. The number of nitrogens with two attached hydrogens (primary N) is 1. The zero-order valence-electron chi connectivity index (χ0n) is 11.7. The molecule has 1 rings (SSSR count). The molecule has 0 spiro atoms. The van der Waals surface area contributed by atoms with Crippen LogP contribution in [0.25, 0.3) is 0 Å². The van der Waals surface area contributed by atoms with Crippen LogP contribution in [0.5, 0.6) is 0 Å². The van der Waals surface area contributed by atoms with E-state index in [0.29, 0.717) is 25.3 Å². The summed E-state index contributed by atoms with van der Waals surface area (Å²) in [7, 11) is 3.38. The van der Waals surface area contributed by atoms with Crippen LogP contribution in [0.4, 0.5) is 0 Å². The Morgan fingerprint density at radius 2 is 2.21 bits per heavy atom. The summed E-state index contributed by atoms with van der Waals surface area (Å²) in [6.07, 6.45) is 0. The van der Waals surface area contributed by atoms with E-state index in [-0.39, 0.29) is 5.91 Å². The molecule has 19 heavy (non-hydrogen) atoms. The second kappa shape index (κ2) is 7.57. The Balaban J connectivity index is 2.85. The molecule has 1 aromatic carbocycles. The lowest BCUT2D eigenvalue weighted by Crippen LogP contribution is -2.29. The van der Waals surface area contributed by atoms with E-state index in [1.165, 1.54) is 0 Å². The molecule has 1 amide bonds. The lowest BCUT2D eigenvalue weighted by Gasteiger charge is -2.17. The van der Waals surface area contributed by atoms with Gasteiger partial charge in [-0.15, -0.1) is 0 Å². The number of carbonyl (C=O) groups is 1. The van der Waals surface area contributed by atoms with E-state index in [0.717, 1.165) is 11.1 Å². The zero-order valence-corrected chi connectivity index (χ0v) is 11.7. The lowest BCUT2D eigenvalue weighted by molar-refractivity contribution is 0.0744. The average molecular weight is 260 g/mol. The van der Waals surface area contributed by atoms with E-state index < -0.39 is 0 Å². The number of likely N-dealkylation sites (N-methyl/N-ethyl adjacent to an activating group) is 1. The van der Waals surface area contributed by atoms with Crippen LogP contribution < -0.4 is 5.73 Å². The number of nitrogens with zero attached hydrogens (tertiary/aromatic N) is 1. The van der Waals surface area contributed by atoms with E-state index in [1.54, 1.807) is 25.1 Å². The van der Waals surface area contributed by atoms with Gasteiger partial charge in [0.2, 0.25) is 0 Å². The van der Waals surface area contributed by atoms with Crippen molar-refractivity contribution in [2.24, 2.45) is 5.73 Å².